The first-order valence-electron chi connectivity index (χ1n) is 13.7. The average molecular weight is 510 g/mol. The zero-order valence-electron chi connectivity index (χ0n) is 23.2. The van der Waals surface area contributed by atoms with Gasteiger partial charge in [-0.05, 0) is 71.6 Å². The van der Waals surface area contributed by atoms with Crippen LogP contribution in [0.5, 0.6) is 0 Å². The molecule has 0 atom stereocenters. The Hall–Kier alpha value is -0.0957. The van der Waals surface area contributed by atoms with Gasteiger partial charge in [0.15, 0.2) is 0 Å². The summed E-state index contributed by atoms with van der Waals surface area (Å²) in [7, 11) is -1.15. The minimum atomic E-state index is -1.15. The Kier molecular flexibility index (Phi) is 25.1. The fraction of sp³-hybridized carbons (Fsp3) is 0.733. The van der Waals surface area contributed by atoms with Gasteiger partial charge < -0.3 is 0 Å². The van der Waals surface area contributed by atoms with Crippen LogP contribution in [0.25, 0.3) is 0 Å². The Morgan fingerprint density at radius 3 is 1.58 bits per heavy atom. The maximum atomic E-state index is 5.51. The molecule has 0 aromatic carbocycles. The average Bonchev–Trinajstić information content (AvgIpc) is 3.30. The number of hydrogen-bond donors (Lipinski definition) is 0. The number of allylic oxidation sites excluding steroid dienone is 6. The van der Waals surface area contributed by atoms with Crippen molar-refractivity contribution in [3.63, 3.8) is 0 Å². The number of unbranched alkanes of at least 4 members (excludes halogenated alkanes) is 9. The third kappa shape index (κ3) is 18.9. The molecule has 0 N–H and O–H groups in total. The summed E-state index contributed by atoms with van der Waals surface area (Å²) in [4.78, 5) is 0. The van der Waals surface area contributed by atoms with Crippen molar-refractivity contribution in [1.82, 2.24) is 0 Å². The van der Waals surface area contributed by atoms with Crippen LogP contribution in [-0.4, -0.2) is 18.5 Å². The van der Waals surface area contributed by atoms with E-state index < -0.39 is 7.05 Å². The summed E-state index contributed by atoms with van der Waals surface area (Å²) in [5.74, 6) is 0. The molecule has 0 radical (unpaired) electrons. The van der Waals surface area contributed by atoms with Gasteiger partial charge in [0.05, 0.1) is 0 Å². The predicted molar refractivity (Wildman–Crippen MR) is 152 cm³/mol. The van der Waals surface area contributed by atoms with Gasteiger partial charge in [-0.3, -0.25) is 4.74 Å². The molecule has 0 saturated heterocycles. The van der Waals surface area contributed by atoms with Crippen LogP contribution in [-0.2, 0) is 21.7 Å². The predicted octanol–water partition coefficient (Wildman–Crippen LogP) is 11.3. The van der Waals surface area contributed by atoms with Gasteiger partial charge in [0.2, 0.25) is 0 Å². The van der Waals surface area contributed by atoms with E-state index in [0.29, 0.717) is 0 Å². The van der Waals surface area contributed by atoms with Crippen molar-refractivity contribution in [2.75, 3.05) is 18.5 Å². The van der Waals surface area contributed by atoms with Crippen LogP contribution in [0.2, 0.25) is 0 Å². The molecule has 0 bridgehead atoms. The summed E-state index contributed by atoms with van der Waals surface area (Å²) in [6, 6.07) is 0. The number of nitrogens with zero attached hydrogens (tertiary/aromatic N) is 1. The SMILES string of the molecule is C=C(C)C(C)=CC.CCCCCCP(CCCCCC)(CCCCCC)=NC1=CC=CC1.[Ti]. The van der Waals surface area contributed by atoms with Gasteiger partial charge in [-0.2, -0.15) is 0 Å². The Balaban J connectivity index is 0. The maximum absolute atomic E-state index is 5.51. The van der Waals surface area contributed by atoms with E-state index in [1.165, 1.54) is 107 Å². The molecule has 1 rings (SSSR count). The van der Waals surface area contributed by atoms with E-state index in [9.17, 15) is 0 Å². The second-order valence-electron chi connectivity index (χ2n) is 9.59. The van der Waals surface area contributed by atoms with Crippen molar-refractivity contribution in [2.24, 2.45) is 4.74 Å². The van der Waals surface area contributed by atoms with Crippen LogP contribution in [0.3, 0.4) is 0 Å². The fourth-order valence-electron chi connectivity index (χ4n) is 4.01. The molecule has 0 spiro atoms. The van der Waals surface area contributed by atoms with Gasteiger partial charge in [0.25, 0.3) is 0 Å². The Morgan fingerprint density at radius 1 is 0.848 bits per heavy atom. The molecule has 0 heterocycles. The van der Waals surface area contributed by atoms with Gasteiger partial charge in [-0.15, -0.1) is 0 Å². The minimum absolute atomic E-state index is 0. The quantitative estimate of drug-likeness (QED) is 0.0800. The van der Waals surface area contributed by atoms with E-state index in [-0.39, 0.29) is 21.7 Å². The molecule has 1 aliphatic carbocycles. The summed E-state index contributed by atoms with van der Waals surface area (Å²) in [6.07, 6.45) is 30.8. The molecule has 1 aliphatic rings. The van der Waals surface area contributed by atoms with Crippen molar-refractivity contribution >= 4 is 7.05 Å². The first kappa shape index (κ1) is 35.1. The Labute approximate surface area is 224 Å². The van der Waals surface area contributed by atoms with E-state index in [0.717, 1.165) is 12.0 Å². The second-order valence-corrected chi connectivity index (χ2v) is 13.3. The maximum Gasteiger partial charge on any atom is 0.0425 e. The largest absolute Gasteiger partial charge is 0.272 e. The minimum Gasteiger partial charge on any atom is -0.272 e. The van der Waals surface area contributed by atoms with Crippen molar-refractivity contribution in [2.45, 2.75) is 125 Å². The van der Waals surface area contributed by atoms with E-state index in [2.05, 4.69) is 58.6 Å². The molecular weight excluding hydrogens is 453 g/mol. The van der Waals surface area contributed by atoms with Crippen molar-refractivity contribution < 1.29 is 21.7 Å². The molecule has 0 unspecified atom stereocenters. The van der Waals surface area contributed by atoms with Gasteiger partial charge in [-0.1, -0.05) is 115 Å². The number of hydrogen-bond acceptors (Lipinski definition) is 1. The first-order chi connectivity index (χ1) is 15.4. The number of rotatable bonds is 17. The van der Waals surface area contributed by atoms with Crippen LogP contribution < -0.4 is 0 Å². The van der Waals surface area contributed by atoms with Crippen LogP contribution >= 0.6 is 7.05 Å². The molecular formula is C30H56NPTi. The first-order valence-corrected chi connectivity index (χ1v) is 16.0. The van der Waals surface area contributed by atoms with E-state index in [4.69, 9.17) is 4.74 Å². The molecule has 0 aromatic rings. The molecule has 0 amide bonds. The molecule has 0 aromatic heterocycles. The van der Waals surface area contributed by atoms with Crippen LogP contribution in [0.4, 0.5) is 0 Å². The van der Waals surface area contributed by atoms with Crippen molar-refractivity contribution in [1.29, 1.82) is 0 Å². The summed E-state index contributed by atoms with van der Waals surface area (Å²) < 4.78 is 5.51. The van der Waals surface area contributed by atoms with Gasteiger partial charge in [-0.25, -0.2) is 0 Å². The second kappa shape index (κ2) is 23.6. The molecule has 3 heteroatoms. The zero-order valence-corrected chi connectivity index (χ0v) is 25.7. The summed E-state index contributed by atoms with van der Waals surface area (Å²) in [5.41, 5.74) is 3.82. The third-order valence-electron chi connectivity index (χ3n) is 6.48. The van der Waals surface area contributed by atoms with E-state index >= 15 is 0 Å². The molecule has 0 saturated carbocycles. The zero-order chi connectivity index (χ0) is 24.1. The van der Waals surface area contributed by atoms with Crippen LogP contribution in [0, 0.1) is 0 Å². The normalized spacial score (nSPS) is 13.2. The van der Waals surface area contributed by atoms with Crippen molar-refractivity contribution in [3.05, 3.63) is 47.7 Å². The van der Waals surface area contributed by atoms with Gasteiger partial charge >= 0.3 is 0 Å². The molecule has 33 heavy (non-hydrogen) atoms. The summed E-state index contributed by atoms with van der Waals surface area (Å²) in [5, 5.41) is 0. The molecule has 0 aliphatic heterocycles. The Bertz CT molecular complexity index is 589. The monoisotopic (exact) mass is 509 g/mol. The fourth-order valence-corrected chi connectivity index (χ4v) is 8.11. The van der Waals surface area contributed by atoms with E-state index in [1.54, 1.807) is 0 Å². The Morgan fingerprint density at radius 2 is 1.30 bits per heavy atom. The third-order valence-corrected chi connectivity index (χ3v) is 10.6. The van der Waals surface area contributed by atoms with E-state index in [1.807, 2.05) is 13.8 Å². The molecule has 190 valence electrons. The van der Waals surface area contributed by atoms with Gasteiger partial charge in [0.1, 0.15) is 0 Å². The standard InChI is InChI=1S/C23H44NP.C7H12.Ti/c1-4-7-10-15-20-25(21-16-11-8-5-2,22-17-12-9-6-3)24-23-18-13-14-19-23;1-5-7(4)6(2)3;/h13-14,18H,4-12,15-17,19-22H2,1-3H3;5H,2H2,1,3-4H3;. The summed E-state index contributed by atoms with van der Waals surface area (Å²) >= 11 is 0. The molecule has 1 nitrogen and oxygen atoms in total. The topological polar surface area (TPSA) is 12.4 Å². The summed E-state index contributed by atoms with van der Waals surface area (Å²) in [6.45, 7) is 16.8. The molecule has 0 fully saturated rings. The van der Waals surface area contributed by atoms with Crippen LogP contribution in [0.1, 0.15) is 125 Å². The van der Waals surface area contributed by atoms with Crippen LogP contribution in [0.15, 0.2) is 52.5 Å². The van der Waals surface area contributed by atoms with Gasteiger partial charge in [0, 0.05) is 33.8 Å². The van der Waals surface area contributed by atoms with Crippen molar-refractivity contribution in [3.8, 4) is 0 Å². The smallest absolute Gasteiger partial charge is 0.0425 e.